The lowest BCUT2D eigenvalue weighted by molar-refractivity contribution is 0.552. The second kappa shape index (κ2) is 9.78. The van der Waals surface area contributed by atoms with Gasteiger partial charge in [-0.05, 0) is 43.0 Å². The first kappa shape index (κ1) is 18.0. The summed E-state index contributed by atoms with van der Waals surface area (Å²) in [4.78, 5) is 7.10. The van der Waals surface area contributed by atoms with Gasteiger partial charge in [0.25, 0.3) is 0 Å². The number of anilines is 1. The number of hydrogen-bond acceptors (Lipinski definition) is 3. The average Bonchev–Trinajstić information content (AvgIpc) is 2.44. The van der Waals surface area contributed by atoms with Crippen molar-refractivity contribution in [2.24, 2.45) is 5.92 Å². The van der Waals surface area contributed by atoms with Crippen LogP contribution in [-0.4, -0.2) is 25.1 Å². The van der Waals surface area contributed by atoms with E-state index in [1.807, 2.05) is 0 Å². The third-order valence-corrected chi connectivity index (χ3v) is 3.55. The molecule has 0 atom stereocenters. The van der Waals surface area contributed by atoms with Gasteiger partial charge in [-0.2, -0.15) is 0 Å². The minimum Gasteiger partial charge on any atom is -0.360 e. The van der Waals surface area contributed by atoms with Crippen LogP contribution in [0.25, 0.3) is 0 Å². The molecule has 0 bridgehead atoms. The summed E-state index contributed by atoms with van der Waals surface area (Å²) in [5.41, 5.74) is 2.58. The predicted octanol–water partition coefficient (Wildman–Crippen LogP) is 4.02. The molecule has 1 rings (SSSR count). The smallest absolute Gasteiger partial charge is 0.128 e. The molecule has 0 unspecified atom stereocenters. The third kappa shape index (κ3) is 6.94. The Balaban J connectivity index is 2.78. The van der Waals surface area contributed by atoms with Crippen molar-refractivity contribution in [2.75, 3.05) is 25.0 Å². The first-order chi connectivity index (χ1) is 10.1. The zero-order chi connectivity index (χ0) is 15.7. The molecule has 1 heterocycles. The number of aryl methyl sites for hydroxylation is 1. The first-order valence-corrected chi connectivity index (χ1v) is 8.48. The number of nitrogens with one attached hydrogen (secondary N) is 1. The van der Waals surface area contributed by atoms with E-state index in [1.54, 1.807) is 0 Å². The van der Waals surface area contributed by atoms with Gasteiger partial charge in [-0.1, -0.05) is 40.5 Å². The standard InChI is InChI=1S/C18H33N3/c1-6-8-10-21(5)18-12-16(14-19-13-15(3)4)11-17(20-18)9-7-2/h11-12,15,19H,6-10,13-14H2,1-5H3. The Kier molecular flexibility index (Phi) is 8.36. The quantitative estimate of drug-likeness (QED) is 0.706. The second-order valence-electron chi connectivity index (χ2n) is 6.37. The van der Waals surface area contributed by atoms with Crippen LogP contribution in [0, 0.1) is 5.92 Å². The highest BCUT2D eigenvalue weighted by Gasteiger charge is 2.07. The van der Waals surface area contributed by atoms with Crippen LogP contribution < -0.4 is 10.2 Å². The summed E-state index contributed by atoms with van der Waals surface area (Å²) in [6.45, 7) is 12.0. The summed E-state index contributed by atoms with van der Waals surface area (Å²) < 4.78 is 0. The van der Waals surface area contributed by atoms with Crippen molar-refractivity contribution in [1.82, 2.24) is 10.3 Å². The van der Waals surface area contributed by atoms with E-state index in [0.29, 0.717) is 5.92 Å². The van der Waals surface area contributed by atoms with Gasteiger partial charge in [-0.15, -0.1) is 0 Å². The summed E-state index contributed by atoms with van der Waals surface area (Å²) in [6.07, 6.45) is 4.65. The molecule has 0 aliphatic rings. The zero-order valence-electron chi connectivity index (χ0n) is 14.6. The van der Waals surface area contributed by atoms with Crippen molar-refractivity contribution in [3.63, 3.8) is 0 Å². The van der Waals surface area contributed by atoms with Crippen molar-refractivity contribution in [3.05, 3.63) is 23.4 Å². The predicted molar refractivity (Wildman–Crippen MR) is 93.0 cm³/mol. The number of unbranched alkanes of at least 4 members (excludes halogenated alkanes) is 1. The SMILES string of the molecule is CCCCN(C)c1cc(CNCC(C)C)cc(CCC)n1. The second-order valence-corrected chi connectivity index (χ2v) is 6.37. The number of pyridine rings is 1. The highest BCUT2D eigenvalue weighted by Crippen LogP contribution is 2.16. The van der Waals surface area contributed by atoms with E-state index in [1.165, 1.54) is 24.1 Å². The van der Waals surface area contributed by atoms with Crippen molar-refractivity contribution in [2.45, 2.75) is 59.9 Å². The Morgan fingerprint density at radius 2 is 1.95 bits per heavy atom. The van der Waals surface area contributed by atoms with Crippen LogP contribution in [0.1, 0.15) is 58.2 Å². The molecule has 0 spiro atoms. The number of nitrogens with zero attached hydrogens (tertiary/aromatic N) is 2. The van der Waals surface area contributed by atoms with E-state index < -0.39 is 0 Å². The minimum atomic E-state index is 0.689. The highest BCUT2D eigenvalue weighted by molar-refractivity contribution is 5.42. The molecule has 0 aliphatic carbocycles. The number of aromatic nitrogens is 1. The molecule has 0 saturated heterocycles. The molecule has 1 N–H and O–H groups in total. The molecule has 0 aliphatic heterocycles. The molecule has 21 heavy (non-hydrogen) atoms. The average molecular weight is 291 g/mol. The molecular formula is C18H33N3. The van der Waals surface area contributed by atoms with Gasteiger partial charge in [0.2, 0.25) is 0 Å². The maximum Gasteiger partial charge on any atom is 0.128 e. The summed E-state index contributed by atoms with van der Waals surface area (Å²) >= 11 is 0. The summed E-state index contributed by atoms with van der Waals surface area (Å²) in [5.74, 6) is 1.81. The lowest BCUT2D eigenvalue weighted by Crippen LogP contribution is -2.22. The van der Waals surface area contributed by atoms with Crippen molar-refractivity contribution in [3.8, 4) is 0 Å². The van der Waals surface area contributed by atoms with Gasteiger partial charge < -0.3 is 10.2 Å². The van der Waals surface area contributed by atoms with Gasteiger partial charge in [0.1, 0.15) is 5.82 Å². The van der Waals surface area contributed by atoms with E-state index in [-0.39, 0.29) is 0 Å². The molecule has 120 valence electrons. The van der Waals surface area contributed by atoms with Gasteiger partial charge in [0, 0.05) is 25.8 Å². The Morgan fingerprint density at radius 1 is 1.19 bits per heavy atom. The fraction of sp³-hybridized carbons (Fsp3) is 0.722. The van der Waals surface area contributed by atoms with Crippen LogP contribution in [0.5, 0.6) is 0 Å². The minimum absolute atomic E-state index is 0.689. The molecule has 0 saturated carbocycles. The van der Waals surface area contributed by atoms with Crippen LogP contribution in [0.3, 0.4) is 0 Å². The molecule has 0 radical (unpaired) electrons. The highest BCUT2D eigenvalue weighted by atomic mass is 15.2. The van der Waals surface area contributed by atoms with Crippen LogP contribution in [0.2, 0.25) is 0 Å². The van der Waals surface area contributed by atoms with Crippen molar-refractivity contribution >= 4 is 5.82 Å². The van der Waals surface area contributed by atoms with E-state index in [4.69, 9.17) is 4.98 Å². The summed E-state index contributed by atoms with van der Waals surface area (Å²) in [5, 5.41) is 3.53. The van der Waals surface area contributed by atoms with Crippen LogP contribution in [-0.2, 0) is 13.0 Å². The van der Waals surface area contributed by atoms with E-state index in [9.17, 15) is 0 Å². The van der Waals surface area contributed by atoms with E-state index >= 15 is 0 Å². The van der Waals surface area contributed by atoms with Gasteiger partial charge in [-0.25, -0.2) is 4.98 Å². The fourth-order valence-electron chi connectivity index (χ4n) is 2.33. The van der Waals surface area contributed by atoms with Crippen LogP contribution >= 0.6 is 0 Å². The maximum absolute atomic E-state index is 4.82. The molecule has 1 aromatic rings. The number of rotatable bonds is 10. The normalized spacial score (nSPS) is 11.1. The van der Waals surface area contributed by atoms with Crippen LogP contribution in [0.4, 0.5) is 5.82 Å². The first-order valence-electron chi connectivity index (χ1n) is 8.48. The maximum atomic E-state index is 4.82. The lowest BCUT2D eigenvalue weighted by Gasteiger charge is -2.20. The zero-order valence-corrected chi connectivity index (χ0v) is 14.6. The molecule has 0 amide bonds. The van der Waals surface area contributed by atoms with Crippen molar-refractivity contribution in [1.29, 1.82) is 0 Å². The molecule has 3 heteroatoms. The Labute approximate surface area is 131 Å². The monoisotopic (exact) mass is 291 g/mol. The topological polar surface area (TPSA) is 28.2 Å². The number of hydrogen-bond donors (Lipinski definition) is 1. The molecule has 1 aromatic heterocycles. The molecule has 0 aromatic carbocycles. The van der Waals surface area contributed by atoms with E-state index in [0.717, 1.165) is 38.3 Å². The van der Waals surface area contributed by atoms with Gasteiger partial charge in [0.05, 0.1) is 0 Å². The molecule has 0 fully saturated rings. The molecule has 3 nitrogen and oxygen atoms in total. The van der Waals surface area contributed by atoms with Crippen LogP contribution in [0.15, 0.2) is 12.1 Å². The van der Waals surface area contributed by atoms with Gasteiger partial charge in [0.15, 0.2) is 0 Å². The third-order valence-electron chi connectivity index (χ3n) is 3.55. The fourth-order valence-corrected chi connectivity index (χ4v) is 2.33. The Hall–Kier alpha value is -1.09. The summed E-state index contributed by atoms with van der Waals surface area (Å²) in [6, 6.07) is 4.50. The van der Waals surface area contributed by atoms with Gasteiger partial charge >= 0.3 is 0 Å². The largest absolute Gasteiger partial charge is 0.360 e. The van der Waals surface area contributed by atoms with Crippen molar-refractivity contribution < 1.29 is 0 Å². The van der Waals surface area contributed by atoms with Gasteiger partial charge in [-0.3, -0.25) is 0 Å². The van der Waals surface area contributed by atoms with E-state index in [2.05, 4.69) is 57.1 Å². The lowest BCUT2D eigenvalue weighted by atomic mass is 10.1. The Bertz CT molecular complexity index is 401. The Morgan fingerprint density at radius 3 is 2.57 bits per heavy atom. The molecular weight excluding hydrogens is 258 g/mol. The summed E-state index contributed by atoms with van der Waals surface area (Å²) in [7, 11) is 2.15.